The molecule has 0 atom stereocenters. The fraction of sp³-hybridized carbons (Fsp3) is 0.417. The van der Waals surface area contributed by atoms with Crippen molar-refractivity contribution in [1.29, 1.82) is 0 Å². The molecular formula is C12H16O6S. The lowest BCUT2D eigenvalue weighted by atomic mass is 9.99. The van der Waals surface area contributed by atoms with Gasteiger partial charge in [-0.2, -0.15) is 8.42 Å². The van der Waals surface area contributed by atoms with Crippen molar-refractivity contribution in [3.63, 3.8) is 0 Å². The largest absolute Gasteiger partial charge is 0.506 e. The second-order valence-corrected chi connectivity index (χ2v) is 5.82. The minimum absolute atomic E-state index is 0.101. The van der Waals surface area contributed by atoms with Crippen molar-refractivity contribution < 1.29 is 27.6 Å². The summed E-state index contributed by atoms with van der Waals surface area (Å²) in [6, 6.07) is 2.15. The van der Waals surface area contributed by atoms with E-state index in [0.717, 1.165) is 6.07 Å². The van der Waals surface area contributed by atoms with E-state index in [-0.39, 0.29) is 23.7 Å². The Labute approximate surface area is 111 Å². The van der Waals surface area contributed by atoms with E-state index >= 15 is 0 Å². The number of hydrogen-bond donors (Lipinski definition) is 2. The van der Waals surface area contributed by atoms with Crippen molar-refractivity contribution in [1.82, 2.24) is 0 Å². The predicted octanol–water partition coefficient (Wildman–Crippen LogP) is 1.94. The molecule has 0 aliphatic heterocycles. The van der Waals surface area contributed by atoms with Crippen LogP contribution in [-0.2, 0) is 14.3 Å². The molecule has 6 nitrogen and oxygen atoms in total. The molecule has 0 unspecified atom stereocenters. The molecule has 0 radical (unpaired) electrons. The molecule has 0 fully saturated rings. The average Bonchev–Trinajstić information content (AvgIpc) is 2.27. The highest BCUT2D eigenvalue weighted by atomic mass is 32.2. The number of rotatable bonds is 5. The summed E-state index contributed by atoms with van der Waals surface area (Å²) in [4.78, 5) is 10.5. The van der Waals surface area contributed by atoms with Gasteiger partial charge in [0.2, 0.25) is 0 Å². The highest BCUT2D eigenvalue weighted by molar-refractivity contribution is 7.86. The van der Waals surface area contributed by atoms with Crippen LogP contribution in [0.2, 0.25) is 0 Å². The van der Waals surface area contributed by atoms with Gasteiger partial charge in [0.15, 0.2) is 0 Å². The van der Waals surface area contributed by atoms with E-state index in [4.69, 9.17) is 5.11 Å². The first-order valence-corrected chi connectivity index (χ1v) is 7.11. The number of phenols is 1. The molecule has 0 saturated carbocycles. The van der Waals surface area contributed by atoms with E-state index in [2.05, 4.69) is 4.18 Å². The minimum Gasteiger partial charge on any atom is -0.506 e. The molecule has 0 amide bonds. The summed E-state index contributed by atoms with van der Waals surface area (Å²) in [5, 5.41) is 19.0. The summed E-state index contributed by atoms with van der Waals surface area (Å²) in [6.07, 6.45) is 0. The molecule has 0 heterocycles. The monoisotopic (exact) mass is 288 g/mol. The van der Waals surface area contributed by atoms with Crippen molar-refractivity contribution in [2.75, 3.05) is 6.61 Å². The summed E-state index contributed by atoms with van der Waals surface area (Å²) < 4.78 is 28.2. The van der Waals surface area contributed by atoms with Crippen molar-refractivity contribution >= 4 is 16.1 Å². The van der Waals surface area contributed by atoms with E-state index in [1.807, 2.05) is 0 Å². The third kappa shape index (κ3) is 3.24. The van der Waals surface area contributed by atoms with Gasteiger partial charge in [0.05, 0.1) is 12.2 Å². The molecule has 0 bridgehead atoms. The molecule has 1 rings (SSSR count). The Hall–Kier alpha value is -1.60. The van der Waals surface area contributed by atoms with Gasteiger partial charge in [0.1, 0.15) is 10.6 Å². The summed E-state index contributed by atoms with van der Waals surface area (Å²) in [5.74, 6) is -1.96. The number of aromatic carboxylic acids is 1. The quantitative estimate of drug-likeness (QED) is 0.803. The number of carboxylic acid groups (broad SMARTS) is 1. The van der Waals surface area contributed by atoms with Crippen LogP contribution in [0.25, 0.3) is 0 Å². The maximum atomic E-state index is 11.8. The first-order valence-electron chi connectivity index (χ1n) is 5.70. The van der Waals surface area contributed by atoms with Crippen LogP contribution in [0.5, 0.6) is 5.75 Å². The molecular weight excluding hydrogens is 272 g/mol. The SMILES string of the molecule is CCOS(=O)(=O)c1cc(C(=O)O)cc(C(C)C)c1O. The van der Waals surface area contributed by atoms with Crippen LogP contribution in [0.15, 0.2) is 17.0 Å². The van der Waals surface area contributed by atoms with Gasteiger partial charge in [-0.1, -0.05) is 13.8 Å². The maximum Gasteiger partial charge on any atom is 0.335 e. The summed E-state index contributed by atoms with van der Waals surface area (Å²) in [6.45, 7) is 4.82. The smallest absolute Gasteiger partial charge is 0.335 e. The molecule has 2 N–H and O–H groups in total. The third-order valence-electron chi connectivity index (χ3n) is 2.52. The zero-order valence-electron chi connectivity index (χ0n) is 10.9. The van der Waals surface area contributed by atoms with Crippen molar-refractivity contribution in [2.24, 2.45) is 0 Å². The lowest BCUT2D eigenvalue weighted by Crippen LogP contribution is -2.10. The Bertz CT molecular complexity index is 588. The van der Waals surface area contributed by atoms with Crippen LogP contribution in [-0.4, -0.2) is 31.2 Å². The molecule has 1 aromatic rings. The highest BCUT2D eigenvalue weighted by Crippen LogP contribution is 2.34. The summed E-state index contributed by atoms with van der Waals surface area (Å²) in [7, 11) is -4.17. The first kappa shape index (κ1) is 15.5. The van der Waals surface area contributed by atoms with E-state index < -0.39 is 26.7 Å². The van der Waals surface area contributed by atoms with Crippen LogP contribution in [0.3, 0.4) is 0 Å². The zero-order chi connectivity index (χ0) is 14.8. The first-order chi connectivity index (χ1) is 8.70. The van der Waals surface area contributed by atoms with E-state index in [1.165, 1.54) is 13.0 Å². The van der Waals surface area contributed by atoms with Crippen molar-refractivity contribution in [3.05, 3.63) is 23.3 Å². The normalized spacial score (nSPS) is 11.8. The Morgan fingerprint density at radius 1 is 1.37 bits per heavy atom. The highest BCUT2D eigenvalue weighted by Gasteiger charge is 2.25. The van der Waals surface area contributed by atoms with E-state index in [0.29, 0.717) is 0 Å². The molecule has 0 aliphatic carbocycles. The predicted molar refractivity (Wildman–Crippen MR) is 68.0 cm³/mol. The molecule has 106 valence electrons. The lowest BCUT2D eigenvalue weighted by molar-refractivity contribution is 0.0696. The van der Waals surface area contributed by atoms with Gasteiger partial charge >= 0.3 is 16.1 Å². The molecule has 1 aromatic carbocycles. The van der Waals surface area contributed by atoms with Crippen LogP contribution in [0.1, 0.15) is 42.6 Å². The number of carbonyl (C=O) groups is 1. The average molecular weight is 288 g/mol. The molecule has 19 heavy (non-hydrogen) atoms. The topological polar surface area (TPSA) is 101 Å². The fourth-order valence-corrected chi connectivity index (χ4v) is 2.67. The molecule has 0 spiro atoms. The number of hydrogen-bond acceptors (Lipinski definition) is 5. The molecule has 0 aliphatic rings. The number of benzene rings is 1. The van der Waals surface area contributed by atoms with Crippen LogP contribution in [0, 0.1) is 0 Å². The van der Waals surface area contributed by atoms with Gasteiger partial charge in [-0.3, -0.25) is 4.18 Å². The van der Waals surface area contributed by atoms with Gasteiger partial charge in [-0.05, 0) is 30.5 Å². The fourth-order valence-electron chi connectivity index (χ4n) is 1.60. The van der Waals surface area contributed by atoms with Crippen molar-refractivity contribution in [2.45, 2.75) is 31.6 Å². The molecule has 0 saturated heterocycles. The number of carboxylic acids is 1. The van der Waals surface area contributed by atoms with Gasteiger partial charge < -0.3 is 10.2 Å². The Kier molecular flexibility index (Phi) is 4.54. The second-order valence-electron chi connectivity index (χ2n) is 4.23. The van der Waals surface area contributed by atoms with Crippen molar-refractivity contribution in [3.8, 4) is 5.75 Å². The molecule has 7 heteroatoms. The maximum absolute atomic E-state index is 11.8. The zero-order valence-corrected chi connectivity index (χ0v) is 11.7. The minimum atomic E-state index is -4.17. The van der Waals surface area contributed by atoms with Gasteiger partial charge in [-0.25, -0.2) is 4.79 Å². The van der Waals surface area contributed by atoms with Crippen LogP contribution in [0.4, 0.5) is 0 Å². The van der Waals surface area contributed by atoms with Gasteiger partial charge in [-0.15, -0.1) is 0 Å². The summed E-state index contributed by atoms with van der Waals surface area (Å²) in [5.41, 5.74) is 0.0398. The Morgan fingerprint density at radius 2 is 1.95 bits per heavy atom. The second kappa shape index (κ2) is 5.58. The van der Waals surface area contributed by atoms with E-state index in [9.17, 15) is 18.3 Å². The standard InChI is InChI=1S/C12H16O6S/c1-4-18-19(16,17)10-6-8(12(14)15)5-9(7(2)3)11(10)13/h5-7,13H,4H2,1-3H3,(H,14,15). The van der Waals surface area contributed by atoms with Gasteiger partial charge in [0.25, 0.3) is 0 Å². The van der Waals surface area contributed by atoms with E-state index in [1.54, 1.807) is 13.8 Å². The number of phenolic OH excluding ortho intramolecular Hbond substituents is 1. The Morgan fingerprint density at radius 3 is 2.37 bits per heavy atom. The molecule has 0 aromatic heterocycles. The number of aromatic hydroxyl groups is 1. The van der Waals surface area contributed by atoms with Gasteiger partial charge in [0, 0.05) is 0 Å². The van der Waals surface area contributed by atoms with Crippen LogP contribution < -0.4 is 0 Å². The van der Waals surface area contributed by atoms with Crippen LogP contribution >= 0.6 is 0 Å². The lowest BCUT2D eigenvalue weighted by Gasteiger charge is -2.14. The summed E-state index contributed by atoms with van der Waals surface area (Å²) >= 11 is 0. The Balaban J connectivity index is 3.59. The third-order valence-corrected chi connectivity index (χ3v) is 3.91.